The molecule has 3 N–H and O–H groups in total. The number of anilines is 3. The first kappa shape index (κ1) is 28.2. The SMILES string of the molecule is CN(C)c1ccccc1NC(=O)Cc1nn(-c2ccccc2)c(NC(=O)NS(=O)(=O)c2ccc(Cl)cc2)c1C#N. The molecular weight excluding hydrogens is 554 g/mol. The van der Waals surface area contributed by atoms with Crippen LogP contribution >= 0.6 is 11.6 Å². The predicted molar refractivity (Wildman–Crippen MR) is 152 cm³/mol. The molecule has 0 bridgehead atoms. The first-order chi connectivity index (χ1) is 19.1. The third kappa shape index (κ3) is 6.40. The molecule has 204 valence electrons. The van der Waals surface area contributed by atoms with E-state index >= 15 is 0 Å². The number of aromatic nitrogens is 2. The normalized spacial score (nSPS) is 10.8. The van der Waals surface area contributed by atoms with E-state index in [1.54, 1.807) is 42.5 Å². The first-order valence-corrected chi connectivity index (χ1v) is 13.7. The zero-order valence-corrected chi connectivity index (χ0v) is 23.0. The number of nitriles is 1. The van der Waals surface area contributed by atoms with E-state index in [4.69, 9.17) is 11.6 Å². The van der Waals surface area contributed by atoms with Gasteiger partial charge in [0.15, 0.2) is 5.82 Å². The van der Waals surface area contributed by atoms with E-state index in [0.717, 1.165) is 5.69 Å². The lowest BCUT2D eigenvalue weighted by Gasteiger charge is -2.17. The van der Waals surface area contributed by atoms with Crippen LogP contribution in [0, 0.1) is 11.3 Å². The fraction of sp³-hybridized carbons (Fsp3) is 0.111. The summed E-state index contributed by atoms with van der Waals surface area (Å²) in [6, 6.07) is 21.9. The summed E-state index contributed by atoms with van der Waals surface area (Å²) in [5, 5.41) is 20.0. The summed E-state index contributed by atoms with van der Waals surface area (Å²) in [5.74, 6) is -0.543. The van der Waals surface area contributed by atoms with Crippen LogP contribution in [0.25, 0.3) is 5.69 Å². The number of sulfonamides is 1. The highest BCUT2D eigenvalue weighted by molar-refractivity contribution is 7.90. The maximum absolute atomic E-state index is 13.0. The molecule has 11 nitrogen and oxygen atoms in total. The molecule has 4 aromatic rings. The molecule has 0 aliphatic carbocycles. The molecule has 0 spiro atoms. The number of benzene rings is 3. The lowest BCUT2D eigenvalue weighted by atomic mass is 10.1. The standard InChI is InChI=1S/C27H24ClN7O4S/c1-34(2)24-11-7-6-10-22(24)30-25(36)16-23-21(17-29)26(35(32-23)19-8-4-3-5-9-19)31-27(37)33-40(38,39)20-14-12-18(28)13-15-20/h3-15H,16H2,1-2H3,(H,30,36)(H2,31,33,37). The highest BCUT2D eigenvalue weighted by atomic mass is 35.5. The Morgan fingerprint density at radius 3 is 2.27 bits per heavy atom. The third-order valence-corrected chi connectivity index (χ3v) is 7.24. The number of carbonyl (C=O) groups is 2. The summed E-state index contributed by atoms with van der Waals surface area (Å²) >= 11 is 5.82. The van der Waals surface area contributed by atoms with E-state index in [2.05, 4.69) is 15.7 Å². The maximum Gasteiger partial charge on any atom is 0.334 e. The van der Waals surface area contributed by atoms with Gasteiger partial charge in [-0.3, -0.25) is 10.1 Å². The summed E-state index contributed by atoms with van der Waals surface area (Å²) in [7, 11) is -0.565. The van der Waals surface area contributed by atoms with Gasteiger partial charge < -0.3 is 10.2 Å². The summed E-state index contributed by atoms with van der Waals surface area (Å²) in [4.78, 5) is 27.5. The number of carbonyl (C=O) groups excluding carboxylic acids is 2. The van der Waals surface area contributed by atoms with Gasteiger partial charge in [-0.1, -0.05) is 41.9 Å². The molecule has 0 atom stereocenters. The van der Waals surface area contributed by atoms with Crippen LogP contribution in [-0.2, 0) is 21.2 Å². The van der Waals surface area contributed by atoms with Crippen LogP contribution in [0.4, 0.5) is 22.0 Å². The second-order valence-corrected chi connectivity index (χ2v) is 10.8. The molecule has 0 radical (unpaired) electrons. The maximum atomic E-state index is 13.0. The first-order valence-electron chi connectivity index (χ1n) is 11.8. The minimum absolute atomic E-state index is 0.0852. The Kier molecular flexibility index (Phi) is 8.37. The van der Waals surface area contributed by atoms with E-state index in [9.17, 15) is 23.3 Å². The summed E-state index contributed by atoms with van der Waals surface area (Å²) in [6.07, 6.45) is -0.288. The van der Waals surface area contributed by atoms with Crippen molar-refractivity contribution in [2.24, 2.45) is 0 Å². The Hall–Kier alpha value is -4.86. The van der Waals surface area contributed by atoms with Gasteiger partial charge in [-0.2, -0.15) is 10.4 Å². The minimum atomic E-state index is -4.25. The van der Waals surface area contributed by atoms with Crippen molar-refractivity contribution in [1.82, 2.24) is 14.5 Å². The second kappa shape index (κ2) is 11.9. The molecule has 0 saturated carbocycles. The third-order valence-electron chi connectivity index (χ3n) is 5.64. The summed E-state index contributed by atoms with van der Waals surface area (Å²) in [5.41, 5.74) is 1.82. The van der Waals surface area contributed by atoms with Gasteiger partial charge in [0.2, 0.25) is 5.91 Å². The molecule has 13 heteroatoms. The van der Waals surface area contributed by atoms with Crippen molar-refractivity contribution in [1.29, 1.82) is 5.26 Å². The van der Waals surface area contributed by atoms with Crippen LogP contribution in [0.15, 0.2) is 83.8 Å². The molecule has 4 rings (SSSR count). The van der Waals surface area contributed by atoms with Crippen molar-refractivity contribution in [3.05, 3.63) is 95.1 Å². The van der Waals surface area contributed by atoms with Gasteiger partial charge in [-0.05, 0) is 48.5 Å². The molecule has 0 unspecified atom stereocenters. The van der Waals surface area contributed by atoms with Crippen molar-refractivity contribution in [2.75, 3.05) is 29.6 Å². The topological polar surface area (TPSA) is 149 Å². The number of urea groups is 1. The number of nitrogens with one attached hydrogen (secondary N) is 3. The van der Waals surface area contributed by atoms with Crippen LogP contribution in [0.5, 0.6) is 0 Å². The molecule has 1 aromatic heterocycles. The molecule has 0 aliphatic heterocycles. The number of hydrogen-bond acceptors (Lipinski definition) is 7. The monoisotopic (exact) mass is 577 g/mol. The summed E-state index contributed by atoms with van der Waals surface area (Å²) in [6.45, 7) is 0. The van der Waals surface area contributed by atoms with Crippen molar-refractivity contribution in [3.8, 4) is 11.8 Å². The van der Waals surface area contributed by atoms with Crippen LogP contribution < -0.4 is 20.3 Å². The van der Waals surface area contributed by atoms with Gasteiger partial charge in [0.05, 0.1) is 34.1 Å². The van der Waals surface area contributed by atoms with Crippen molar-refractivity contribution >= 4 is 50.8 Å². The van der Waals surface area contributed by atoms with Crippen LogP contribution in [-0.4, -0.2) is 44.2 Å². The van der Waals surface area contributed by atoms with Gasteiger partial charge in [0.1, 0.15) is 11.6 Å². The molecule has 3 aromatic carbocycles. The van der Waals surface area contributed by atoms with Gasteiger partial charge in [-0.25, -0.2) is 22.6 Å². The zero-order chi connectivity index (χ0) is 28.9. The largest absolute Gasteiger partial charge is 0.376 e. The molecule has 0 saturated heterocycles. The molecule has 3 amide bonds. The van der Waals surface area contributed by atoms with Gasteiger partial charge in [-0.15, -0.1) is 0 Å². The fourth-order valence-electron chi connectivity index (χ4n) is 3.82. The van der Waals surface area contributed by atoms with Crippen LogP contribution in [0.2, 0.25) is 5.02 Å². The number of amides is 3. The number of nitrogens with zero attached hydrogens (tertiary/aromatic N) is 4. The van der Waals surface area contributed by atoms with Gasteiger partial charge in [0, 0.05) is 19.1 Å². The summed E-state index contributed by atoms with van der Waals surface area (Å²) < 4.78 is 28.6. The van der Waals surface area contributed by atoms with Gasteiger partial charge in [0.25, 0.3) is 10.0 Å². The second-order valence-electron chi connectivity index (χ2n) is 8.68. The Balaban J connectivity index is 1.64. The number of halogens is 1. The van der Waals surface area contributed by atoms with Crippen molar-refractivity contribution in [2.45, 2.75) is 11.3 Å². The fourth-order valence-corrected chi connectivity index (χ4v) is 4.85. The van der Waals surface area contributed by atoms with E-state index in [-0.39, 0.29) is 28.4 Å². The quantitative estimate of drug-likeness (QED) is 0.285. The van der Waals surface area contributed by atoms with Crippen molar-refractivity contribution in [3.63, 3.8) is 0 Å². The van der Waals surface area contributed by atoms with Crippen LogP contribution in [0.3, 0.4) is 0 Å². The Morgan fingerprint density at radius 1 is 0.975 bits per heavy atom. The number of rotatable bonds is 8. The molecule has 1 heterocycles. The predicted octanol–water partition coefficient (Wildman–Crippen LogP) is 4.15. The molecule has 0 aliphatic rings. The Bertz CT molecular complexity index is 1700. The van der Waals surface area contributed by atoms with Crippen molar-refractivity contribution < 1.29 is 18.0 Å². The Morgan fingerprint density at radius 2 is 1.62 bits per heavy atom. The molecule has 40 heavy (non-hydrogen) atoms. The zero-order valence-electron chi connectivity index (χ0n) is 21.4. The van der Waals surface area contributed by atoms with Crippen LogP contribution in [0.1, 0.15) is 11.3 Å². The number of hydrogen-bond donors (Lipinski definition) is 3. The average molecular weight is 578 g/mol. The highest BCUT2D eigenvalue weighted by Crippen LogP contribution is 2.26. The smallest absolute Gasteiger partial charge is 0.334 e. The van der Waals surface area contributed by atoms with Gasteiger partial charge >= 0.3 is 6.03 Å². The lowest BCUT2D eigenvalue weighted by Crippen LogP contribution is -2.35. The van der Waals surface area contributed by atoms with E-state index in [0.29, 0.717) is 16.4 Å². The lowest BCUT2D eigenvalue weighted by molar-refractivity contribution is -0.115. The highest BCUT2D eigenvalue weighted by Gasteiger charge is 2.25. The number of para-hydroxylation sites is 3. The van der Waals surface area contributed by atoms with E-state index < -0.39 is 22.0 Å². The molecule has 0 fully saturated rings. The molecular formula is C27H24ClN7O4S. The Labute approximate surface area is 236 Å². The minimum Gasteiger partial charge on any atom is -0.376 e. The van der Waals surface area contributed by atoms with E-state index in [1.165, 1.54) is 28.9 Å². The van der Waals surface area contributed by atoms with E-state index in [1.807, 2.05) is 41.9 Å². The average Bonchev–Trinajstić information content (AvgIpc) is 3.25.